The van der Waals surface area contributed by atoms with Crippen LogP contribution in [0.5, 0.6) is 0 Å². The lowest BCUT2D eigenvalue weighted by Gasteiger charge is -2.14. The highest BCUT2D eigenvalue weighted by atomic mass is 19.1. The Bertz CT molecular complexity index is 1510. The number of halogens is 1. The first-order valence-corrected chi connectivity index (χ1v) is 11.7. The van der Waals surface area contributed by atoms with Crippen molar-refractivity contribution in [3.8, 4) is 11.3 Å². The molecule has 0 radical (unpaired) electrons. The summed E-state index contributed by atoms with van der Waals surface area (Å²) in [5, 5.41) is 12.6. The number of carbonyl (C=O) groups excluding carboxylic acids is 2. The molecule has 5 rings (SSSR count). The fourth-order valence-electron chi connectivity index (χ4n) is 4.21. The maximum Gasteiger partial charge on any atom is 0.269 e. The molecule has 0 spiro atoms. The second-order valence-corrected chi connectivity index (χ2v) is 8.26. The van der Waals surface area contributed by atoms with E-state index in [0.29, 0.717) is 23.8 Å². The summed E-state index contributed by atoms with van der Waals surface area (Å²) in [6.45, 7) is 2.23. The molecule has 9 nitrogen and oxygen atoms in total. The predicted molar refractivity (Wildman–Crippen MR) is 139 cm³/mol. The van der Waals surface area contributed by atoms with E-state index in [1.165, 1.54) is 16.9 Å². The van der Waals surface area contributed by atoms with Crippen LogP contribution in [-0.2, 0) is 11.3 Å². The molecular weight excluding hydrogens is 473 g/mol. The van der Waals surface area contributed by atoms with E-state index in [1.54, 1.807) is 19.2 Å². The lowest BCUT2D eigenvalue weighted by Crippen LogP contribution is -2.42. The number of hydrogen-bond donors (Lipinski definition) is 3. The molecule has 0 aliphatic carbocycles. The van der Waals surface area contributed by atoms with Crippen molar-refractivity contribution in [1.82, 2.24) is 20.1 Å². The van der Waals surface area contributed by atoms with E-state index in [1.807, 2.05) is 55.5 Å². The molecule has 0 saturated carbocycles. The number of aryl methyl sites for hydroxylation is 1. The summed E-state index contributed by atoms with van der Waals surface area (Å²) < 4.78 is 16.4. The normalized spacial score (nSPS) is 14.7. The lowest BCUT2D eigenvalue weighted by molar-refractivity contribution is -0.117. The molecule has 1 aliphatic rings. The van der Waals surface area contributed by atoms with Crippen LogP contribution < -0.4 is 16.0 Å². The molecule has 37 heavy (non-hydrogen) atoms. The third kappa shape index (κ3) is 4.56. The van der Waals surface area contributed by atoms with Crippen LogP contribution in [0.2, 0.25) is 0 Å². The number of para-hydroxylation sites is 1. The van der Waals surface area contributed by atoms with Gasteiger partial charge in [0.2, 0.25) is 12.1 Å². The van der Waals surface area contributed by atoms with Crippen LogP contribution in [0.25, 0.3) is 11.3 Å². The number of benzodiazepines with no additional fused rings is 1. The smallest absolute Gasteiger partial charge is 0.269 e. The number of aromatic nitrogens is 3. The number of nitrogens with zero attached hydrogens (tertiary/aromatic N) is 4. The highest BCUT2D eigenvalue weighted by Crippen LogP contribution is 2.28. The molecule has 3 heterocycles. The van der Waals surface area contributed by atoms with Gasteiger partial charge in [0.05, 0.1) is 34.4 Å². The molecule has 10 heteroatoms. The van der Waals surface area contributed by atoms with Crippen LogP contribution in [0.4, 0.5) is 15.9 Å². The van der Waals surface area contributed by atoms with Crippen molar-refractivity contribution in [1.29, 1.82) is 0 Å². The van der Waals surface area contributed by atoms with Crippen molar-refractivity contribution in [2.45, 2.75) is 19.6 Å². The van der Waals surface area contributed by atoms with Crippen molar-refractivity contribution in [3.63, 3.8) is 0 Å². The third-order valence-electron chi connectivity index (χ3n) is 6.01. The summed E-state index contributed by atoms with van der Waals surface area (Å²) in [6, 6.07) is 19.9. The number of nitrogens with one attached hydrogen (secondary N) is 3. The number of hydrogen-bond acceptors (Lipinski definition) is 6. The largest absolute Gasteiger partial charge is 0.373 e. The number of carbonyl (C=O) groups is 2. The van der Waals surface area contributed by atoms with Crippen LogP contribution >= 0.6 is 0 Å². The summed E-state index contributed by atoms with van der Waals surface area (Å²) in [5.41, 5.74) is 3.16. The number of pyridine rings is 1. The Hall–Kier alpha value is -4.86. The number of benzene rings is 2. The molecule has 2 aromatic heterocycles. The third-order valence-corrected chi connectivity index (χ3v) is 6.01. The van der Waals surface area contributed by atoms with Crippen molar-refractivity contribution in [3.05, 3.63) is 95.6 Å². The molecule has 1 aliphatic heterocycles. The lowest BCUT2D eigenvalue weighted by atomic mass is 10.0. The fourth-order valence-corrected chi connectivity index (χ4v) is 4.21. The first kappa shape index (κ1) is 23.9. The van der Waals surface area contributed by atoms with E-state index in [-0.39, 0.29) is 16.8 Å². The van der Waals surface area contributed by atoms with Gasteiger partial charge in [-0.3, -0.25) is 14.3 Å². The van der Waals surface area contributed by atoms with E-state index in [0.717, 1.165) is 11.1 Å². The van der Waals surface area contributed by atoms with Gasteiger partial charge < -0.3 is 16.0 Å². The van der Waals surface area contributed by atoms with Gasteiger partial charge in [-0.2, -0.15) is 9.49 Å². The highest BCUT2D eigenvalue weighted by molar-refractivity contribution is 6.20. The summed E-state index contributed by atoms with van der Waals surface area (Å²) in [6.07, 6.45) is 0.118. The number of amides is 2. The first-order chi connectivity index (χ1) is 18.0. The Labute approximate surface area is 212 Å². The maximum absolute atomic E-state index is 14.9. The number of rotatable bonds is 6. The van der Waals surface area contributed by atoms with E-state index < -0.39 is 23.9 Å². The van der Waals surface area contributed by atoms with Gasteiger partial charge in [0.15, 0.2) is 0 Å². The minimum absolute atomic E-state index is 0.103. The zero-order chi connectivity index (χ0) is 25.9. The van der Waals surface area contributed by atoms with E-state index in [9.17, 15) is 14.0 Å². The van der Waals surface area contributed by atoms with Gasteiger partial charge >= 0.3 is 0 Å². The van der Waals surface area contributed by atoms with Gasteiger partial charge in [-0.1, -0.05) is 48.5 Å². The second kappa shape index (κ2) is 10.0. The van der Waals surface area contributed by atoms with Crippen molar-refractivity contribution < 1.29 is 14.0 Å². The zero-order valence-corrected chi connectivity index (χ0v) is 20.2. The number of anilines is 2. The Morgan fingerprint density at radius 3 is 2.54 bits per heavy atom. The minimum atomic E-state index is -1.23. The first-order valence-electron chi connectivity index (χ1n) is 11.7. The predicted octanol–water partition coefficient (Wildman–Crippen LogP) is 3.69. The van der Waals surface area contributed by atoms with E-state index in [4.69, 9.17) is 0 Å². The molecule has 0 saturated heterocycles. The molecule has 2 amide bonds. The minimum Gasteiger partial charge on any atom is -0.373 e. The average molecular weight is 498 g/mol. The highest BCUT2D eigenvalue weighted by Gasteiger charge is 2.29. The quantitative estimate of drug-likeness (QED) is 0.352. The van der Waals surface area contributed by atoms with Crippen molar-refractivity contribution in [2.24, 2.45) is 4.99 Å². The zero-order valence-electron chi connectivity index (χ0n) is 20.2. The van der Waals surface area contributed by atoms with Crippen molar-refractivity contribution in [2.75, 3.05) is 17.7 Å². The molecule has 0 fully saturated rings. The Kier molecular flexibility index (Phi) is 6.46. The van der Waals surface area contributed by atoms with Gasteiger partial charge in [-0.05, 0) is 25.1 Å². The Morgan fingerprint density at radius 1 is 1.05 bits per heavy atom. The SMILES string of the molecule is CCn1ncc(C(=O)N[C@H]2N=C(c3ccccc3)c3ccccc3NC2=O)c1-c1ccc(NC)nc1F. The van der Waals surface area contributed by atoms with E-state index >= 15 is 0 Å². The maximum atomic E-state index is 14.9. The van der Waals surface area contributed by atoms with Gasteiger partial charge in [-0.15, -0.1) is 0 Å². The van der Waals surface area contributed by atoms with Crippen LogP contribution in [0, 0.1) is 5.95 Å². The monoisotopic (exact) mass is 497 g/mol. The molecule has 0 bridgehead atoms. The van der Waals surface area contributed by atoms with Gasteiger partial charge in [0, 0.05) is 24.7 Å². The van der Waals surface area contributed by atoms with Crippen LogP contribution in [0.1, 0.15) is 28.4 Å². The van der Waals surface area contributed by atoms with E-state index in [2.05, 4.69) is 31.0 Å². The Balaban J connectivity index is 1.54. The van der Waals surface area contributed by atoms with Gasteiger partial charge in [0.25, 0.3) is 11.8 Å². The summed E-state index contributed by atoms with van der Waals surface area (Å²) in [4.78, 5) is 35.2. The molecular formula is C27H24FN7O2. The molecule has 1 atom stereocenters. The second-order valence-electron chi connectivity index (χ2n) is 8.26. The molecule has 4 aromatic rings. The standard InChI is InChI=1S/C27H24FN7O2/c1-3-35-23(18-13-14-21(29-2)32-24(18)28)19(15-30-35)26(36)34-25-27(37)31-20-12-8-7-11-17(20)22(33-25)16-9-5-4-6-10-16/h4-15,25H,3H2,1-2H3,(H,29,32)(H,31,37)(H,34,36)/t25-/m1/s1. The Morgan fingerprint density at radius 2 is 1.81 bits per heavy atom. The molecule has 186 valence electrons. The molecule has 3 N–H and O–H groups in total. The van der Waals surface area contributed by atoms with Crippen molar-refractivity contribution >= 4 is 29.0 Å². The van der Waals surface area contributed by atoms with Crippen LogP contribution in [0.15, 0.2) is 77.9 Å². The van der Waals surface area contributed by atoms with Crippen LogP contribution in [-0.4, -0.2) is 45.5 Å². The number of aliphatic imine (C=N–C) groups is 1. The molecule has 0 unspecified atom stereocenters. The topological polar surface area (TPSA) is 113 Å². The average Bonchev–Trinajstić information content (AvgIpc) is 3.30. The summed E-state index contributed by atoms with van der Waals surface area (Å²) in [7, 11) is 1.64. The van der Waals surface area contributed by atoms with Gasteiger partial charge in [0.1, 0.15) is 5.82 Å². The van der Waals surface area contributed by atoms with Gasteiger partial charge in [-0.25, -0.2) is 9.98 Å². The fraction of sp³-hybridized carbons (Fsp3) is 0.148. The summed E-state index contributed by atoms with van der Waals surface area (Å²) >= 11 is 0. The molecule has 2 aromatic carbocycles. The van der Waals surface area contributed by atoms with Crippen LogP contribution in [0.3, 0.4) is 0 Å². The number of fused-ring (bicyclic) bond motifs is 1. The summed E-state index contributed by atoms with van der Waals surface area (Å²) in [5.74, 6) is -1.51.